The molecule has 3 N–H and O–H groups in total. The minimum Gasteiger partial charge on any atom is -0.507 e. The standard InChI is InChI=1S/C23H18BrN5O3/c24-17-5-2-14(8-21(17)30)11-26-22(31)19-9-20(28-12-27-19)23(32)29-18-6-3-15-7-13(10-25)1-4-16(15)18/h1-2,4-5,7-9,12,18,30H,3,6,11H2,(H,26,31)(H,29,32). The van der Waals surface area contributed by atoms with E-state index in [1.54, 1.807) is 24.3 Å². The number of amides is 2. The zero-order valence-electron chi connectivity index (χ0n) is 16.8. The number of hydrogen-bond acceptors (Lipinski definition) is 6. The Hall–Kier alpha value is -3.77. The van der Waals surface area contributed by atoms with Crippen molar-refractivity contribution in [2.75, 3.05) is 0 Å². The number of aromatic hydroxyl groups is 1. The summed E-state index contributed by atoms with van der Waals surface area (Å²) in [6.07, 6.45) is 2.68. The van der Waals surface area contributed by atoms with Crippen LogP contribution in [0.2, 0.25) is 0 Å². The highest BCUT2D eigenvalue weighted by atomic mass is 79.9. The molecule has 2 amide bonds. The Kier molecular flexibility index (Phi) is 6.14. The van der Waals surface area contributed by atoms with Gasteiger partial charge in [0.25, 0.3) is 11.8 Å². The first-order chi connectivity index (χ1) is 15.4. The summed E-state index contributed by atoms with van der Waals surface area (Å²) in [6, 6.07) is 13.7. The monoisotopic (exact) mass is 491 g/mol. The van der Waals surface area contributed by atoms with Crippen molar-refractivity contribution < 1.29 is 14.7 Å². The van der Waals surface area contributed by atoms with E-state index in [4.69, 9.17) is 5.26 Å². The van der Waals surface area contributed by atoms with Gasteiger partial charge in [-0.25, -0.2) is 9.97 Å². The zero-order chi connectivity index (χ0) is 22.7. The van der Waals surface area contributed by atoms with Gasteiger partial charge in [-0.15, -0.1) is 0 Å². The van der Waals surface area contributed by atoms with Crippen LogP contribution in [0.5, 0.6) is 5.75 Å². The average molecular weight is 492 g/mol. The SMILES string of the molecule is N#Cc1ccc2c(c1)CCC2NC(=O)c1cc(C(=O)NCc2ccc(Br)c(O)c2)ncn1. The molecule has 0 saturated heterocycles. The molecule has 4 rings (SSSR count). The molecule has 32 heavy (non-hydrogen) atoms. The molecule has 0 fully saturated rings. The van der Waals surface area contributed by atoms with Crippen LogP contribution in [0.15, 0.2) is 53.3 Å². The molecule has 1 aliphatic rings. The summed E-state index contributed by atoms with van der Waals surface area (Å²) in [5.41, 5.74) is 3.51. The molecule has 1 unspecified atom stereocenters. The Bertz CT molecular complexity index is 1250. The predicted molar refractivity (Wildman–Crippen MR) is 119 cm³/mol. The largest absolute Gasteiger partial charge is 0.507 e. The molecular weight excluding hydrogens is 474 g/mol. The van der Waals surface area contributed by atoms with Crippen LogP contribution in [0.4, 0.5) is 0 Å². The van der Waals surface area contributed by atoms with E-state index < -0.39 is 11.8 Å². The molecule has 0 bridgehead atoms. The third kappa shape index (κ3) is 4.60. The van der Waals surface area contributed by atoms with E-state index in [1.165, 1.54) is 12.4 Å². The number of aromatic nitrogens is 2. The number of carbonyl (C=O) groups is 2. The van der Waals surface area contributed by atoms with Crippen molar-refractivity contribution in [1.82, 2.24) is 20.6 Å². The topological polar surface area (TPSA) is 128 Å². The number of rotatable bonds is 5. The Balaban J connectivity index is 1.41. The first-order valence-corrected chi connectivity index (χ1v) is 10.7. The lowest BCUT2D eigenvalue weighted by Crippen LogP contribution is -2.29. The summed E-state index contributed by atoms with van der Waals surface area (Å²) < 4.78 is 0.564. The van der Waals surface area contributed by atoms with Gasteiger partial charge in [-0.1, -0.05) is 12.1 Å². The number of fused-ring (bicyclic) bond motifs is 1. The highest BCUT2D eigenvalue weighted by Crippen LogP contribution is 2.31. The van der Waals surface area contributed by atoms with Gasteiger partial charge in [0.2, 0.25) is 0 Å². The van der Waals surface area contributed by atoms with Crippen molar-refractivity contribution in [3.8, 4) is 11.8 Å². The zero-order valence-corrected chi connectivity index (χ0v) is 18.4. The maximum atomic E-state index is 12.7. The fourth-order valence-corrected chi connectivity index (χ4v) is 3.86. The van der Waals surface area contributed by atoms with E-state index in [0.29, 0.717) is 15.6 Å². The van der Waals surface area contributed by atoms with E-state index in [0.717, 1.165) is 24.0 Å². The first kappa shape index (κ1) is 21.5. The molecule has 2 aromatic carbocycles. The Morgan fingerprint density at radius 2 is 1.91 bits per heavy atom. The van der Waals surface area contributed by atoms with E-state index in [-0.39, 0.29) is 29.7 Å². The van der Waals surface area contributed by atoms with Crippen LogP contribution in [0.25, 0.3) is 0 Å². The average Bonchev–Trinajstić information content (AvgIpc) is 3.21. The van der Waals surface area contributed by atoms with Crippen molar-refractivity contribution in [3.63, 3.8) is 0 Å². The molecule has 9 heteroatoms. The number of nitrogens with zero attached hydrogens (tertiary/aromatic N) is 3. The minimum absolute atomic E-state index is 0.0666. The number of carbonyl (C=O) groups excluding carboxylic acids is 2. The van der Waals surface area contributed by atoms with Gasteiger partial charge in [-0.05, 0) is 69.7 Å². The van der Waals surface area contributed by atoms with Gasteiger partial charge in [0, 0.05) is 12.6 Å². The quantitative estimate of drug-likeness (QED) is 0.502. The summed E-state index contributed by atoms with van der Waals surface area (Å²) in [5.74, 6) is -0.782. The Morgan fingerprint density at radius 1 is 1.12 bits per heavy atom. The number of benzene rings is 2. The van der Waals surface area contributed by atoms with Crippen LogP contribution in [-0.2, 0) is 13.0 Å². The molecule has 160 valence electrons. The molecule has 1 aliphatic carbocycles. The summed E-state index contributed by atoms with van der Waals surface area (Å²) in [4.78, 5) is 33.2. The number of halogens is 1. The first-order valence-electron chi connectivity index (χ1n) is 9.86. The smallest absolute Gasteiger partial charge is 0.270 e. The maximum absolute atomic E-state index is 12.7. The molecule has 0 radical (unpaired) electrons. The second-order valence-corrected chi connectivity index (χ2v) is 8.20. The molecule has 1 aromatic heterocycles. The fourth-order valence-electron chi connectivity index (χ4n) is 3.62. The number of aryl methyl sites for hydroxylation is 1. The summed E-state index contributed by atoms with van der Waals surface area (Å²) in [6.45, 7) is 0.189. The van der Waals surface area contributed by atoms with E-state index in [2.05, 4.69) is 42.6 Å². The van der Waals surface area contributed by atoms with Crippen LogP contribution in [-0.4, -0.2) is 26.9 Å². The van der Waals surface area contributed by atoms with Crippen molar-refractivity contribution in [3.05, 3.63) is 86.9 Å². The lowest BCUT2D eigenvalue weighted by atomic mass is 10.1. The number of nitriles is 1. The van der Waals surface area contributed by atoms with E-state index in [9.17, 15) is 14.7 Å². The molecule has 0 spiro atoms. The minimum atomic E-state index is -0.459. The lowest BCUT2D eigenvalue weighted by molar-refractivity contribution is 0.0931. The van der Waals surface area contributed by atoms with Gasteiger partial charge in [0.05, 0.1) is 22.1 Å². The van der Waals surface area contributed by atoms with Crippen LogP contribution in [0.1, 0.15) is 55.7 Å². The van der Waals surface area contributed by atoms with E-state index in [1.807, 2.05) is 12.1 Å². The van der Waals surface area contributed by atoms with Crippen LogP contribution < -0.4 is 10.6 Å². The Labute approximate surface area is 192 Å². The molecule has 3 aromatic rings. The second-order valence-electron chi connectivity index (χ2n) is 7.35. The lowest BCUT2D eigenvalue weighted by Gasteiger charge is -2.14. The summed E-state index contributed by atoms with van der Waals surface area (Å²) in [5, 5.41) is 24.5. The van der Waals surface area contributed by atoms with Gasteiger partial charge in [0.15, 0.2) is 0 Å². The van der Waals surface area contributed by atoms with Crippen molar-refractivity contribution >= 4 is 27.7 Å². The molecule has 1 heterocycles. The predicted octanol–water partition coefficient (Wildman–Crippen LogP) is 3.16. The number of hydrogen-bond donors (Lipinski definition) is 3. The van der Waals surface area contributed by atoms with Crippen molar-refractivity contribution in [2.24, 2.45) is 0 Å². The number of nitrogens with one attached hydrogen (secondary N) is 2. The Morgan fingerprint density at radius 3 is 2.66 bits per heavy atom. The van der Waals surface area contributed by atoms with Gasteiger partial charge in [-0.3, -0.25) is 9.59 Å². The summed E-state index contributed by atoms with van der Waals surface area (Å²) >= 11 is 3.21. The van der Waals surface area contributed by atoms with E-state index >= 15 is 0 Å². The van der Waals surface area contributed by atoms with Crippen molar-refractivity contribution in [2.45, 2.75) is 25.4 Å². The third-order valence-corrected chi connectivity index (χ3v) is 5.92. The molecule has 1 atom stereocenters. The molecule has 8 nitrogen and oxygen atoms in total. The second kappa shape index (κ2) is 9.16. The fraction of sp³-hybridized carbons (Fsp3) is 0.174. The summed E-state index contributed by atoms with van der Waals surface area (Å²) in [7, 11) is 0. The normalized spacial score (nSPS) is 14.3. The van der Waals surface area contributed by atoms with Crippen molar-refractivity contribution in [1.29, 1.82) is 5.26 Å². The highest BCUT2D eigenvalue weighted by molar-refractivity contribution is 9.10. The number of phenols is 1. The third-order valence-electron chi connectivity index (χ3n) is 5.25. The van der Waals surface area contributed by atoms with Crippen LogP contribution in [0, 0.1) is 11.3 Å². The van der Waals surface area contributed by atoms with Gasteiger partial charge >= 0.3 is 0 Å². The highest BCUT2D eigenvalue weighted by Gasteiger charge is 2.25. The van der Waals surface area contributed by atoms with Gasteiger partial charge in [-0.2, -0.15) is 5.26 Å². The van der Waals surface area contributed by atoms with Gasteiger partial charge in [0.1, 0.15) is 23.5 Å². The van der Waals surface area contributed by atoms with Crippen LogP contribution >= 0.6 is 15.9 Å². The number of phenolic OH excluding ortho intramolecular Hbond substituents is 1. The van der Waals surface area contributed by atoms with Gasteiger partial charge < -0.3 is 15.7 Å². The molecular formula is C23H18BrN5O3. The molecule has 0 aliphatic heterocycles. The van der Waals surface area contributed by atoms with Crippen LogP contribution in [0.3, 0.4) is 0 Å². The molecule has 0 saturated carbocycles. The maximum Gasteiger partial charge on any atom is 0.270 e.